The van der Waals surface area contributed by atoms with E-state index >= 15 is 0 Å². The summed E-state index contributed by atoms with van der Waals surface area (Å²) in [5.74, 6) is 0.858. The number of hydrogen-bond acceptors (Lipinski definition) is 4. The van der Waals surface area contributed by atoms with Crippen molar-refractivity contribution in [1.29, 1.82) is 0 Å². The number of rotatable bonds is 6. The number of benzene rings is 1. The molecule has 1 heterocycles. The van der Waals surface area contributed by atoms with Gasteiger partial charge in [0.05, 0.1) is 6.10 Å². The van der Waals surface area contributed by atoms with Gasteiger partial charge in [0.1, 0.15) is 12.5 Å². The van der Waals surface area contributed by atoms with Crippen LogP contribution in [0.2, 0.25) is 0 Å². The average molecular weight is 333 g/mol. The Morgan fingerprint density at radius 3 is 3.10 bits per heavy atom. The van der Waals surface area contributed by atoms with Gasteiger partial charge in [-0.3, -0.25) is 4.79 Å². The lowest BCUT2D eigenvalue weighted by molar-refractivity contribution is -0.119. The van der Waals surface area contributed by atoms with Gasteiger partial charge in [-0.2, -0.15) is 0 Å². The first kappa shape index (κ1) is 16.4. The Labute approximate surface area is 133 Å². The first-order valence-corrected chi connectivity index (χ1v) is 8.21. The lowest BCUT2D eigenvalue weighted by Gasteiger charge is -2.17. The molecule has 2 rings (SSSR count). The Morgan fingerprint density at radius 1 is 1.62 bits per heavy atom. The molecule has 1 atom stereocenters. The molecular weight excluding hydrogens is 315 g/mol. The molecule has 116 valence electrons. The van der Waals surface area contributed by atoms with Crippen molar-refractivity contribution in [2.24, 2.45) is 0 Å². The number of halogens is 2. The van der Waals surface area contributed by atoms with Crippen molar-refractivity contribution in [3.8, 4) is 0 Å². The van der Waals surface area contributed by atoms with Crippen LogP contribution < -0.4 is 10.2 Å². The van der Waals surface area contributed by atoms with E-state index < -0.39 is 0 Å². The highest BCUT2D eigenvalue weighted by atomic mass is 35.5. The number of anilines is 1. The van der Waals surface area contributed by atoms with Crippen LogP contribution in [0.5, 0.6) is 0 Å². The third-order valence-electron chi connectivity index (χ3n) is 3.08. The highest BCUT2D eigenvalue weighted by Crippen LogP contribution is 2.27. The minimum Gasteiger partial charge on any atom is -0.354 e. The molecule has 0 bridgehead atoms. The molecule has 1 amide bonds. The molecule has 0 radical (unpaired) electrons. The third kappa shape index (κ3) is 4.76. The van der Waals surface area contributed by atoms with Crippen molar-refractivity contribution in [2.75, 3.05) is 36.4 Å². The molecule has 1 aliphatic rings. The smallest absolute Gasteiger partial charge is 0.216 e. The van der Waals surface area contributed by atoms with Crippen LogP contribution in [0.3, 0.4) is 0 Å². The lowest BCUT2D eigenvalue weighted by atomic mass is 10.2. The van der Waals surface area contributed by atoms with Gasteiger partial charge < -0.3 is 15.0 Å². The zero-order valence-corrected chi connectivity index (χ0v) is 13.3. The van der Waals surface area contributed by atoms with Gasteiger partial charge in [0, 0.05) is 42.2 Å². The first-order chi connectivity index (χ1) is 10.1. The standard InChI is InChI=1S/C14H18ClFN2O2S/c1-10(19)17-7-12-8-18(9-20-12)11-2-3-14(13(16)6-11)21-5-4-15/h2-3,6,12H,4-5,7-9H2,1H3,(H,17,19)/t12-/m0/s1. The molecule has 0 aromatic heterocycles. The monoisotopic (exact) mass is 332 g/mol. The summed E-state index contributed by atoms with van der Waals surface area (Å²) >= 11 is 7.01. The van der Waals surface area contributed by atoms with E-state index in [4.69, 9.17) is 16.3 Å². The highest BCUT2D eigenvalue weighted by Gasteiger charge is 2.24. The SMILES string of the molecule is CC(=O)NC[C@H]1CN(c2ccc(SCCCl)c(F)c2)CO1. The minimum atomic E-state index is -0.243. The number of hydrogen-bond donors (Lipinski definition) is 1. The van der Waals surface area contributed by atoms with Crippen molar-refractivity contribution in [1.82, 2.24) is 5.32 Å². The maximum atomic E-state index is 14.0. The summed E-state index contributed by atoms with van der Waals surface area (Å²) in [6, 6.07) is 5.16. The van der Waals surface area contributed by atoms with E-state index in [1.807, 2.05) is 11.0 Å². The van der Waals surface area contributed by atoms with E-state index in [2.05, 4.69) is 5.32 Å². The molecule has 1 saturated heterocycles. The third-order valence-corrected chi connectivity index (χ3v) is 4.55. The van der Waals surface area contributed by atoms with Gasteiger partial charge in [0.15, 0.2) is 0 Å². The van der Waals surface area contributed by atoms with Crippen LogP contribution in [0.25, 0.3) is 0 Å². The van der Waals surface area contributed by atoms with Gasteiger partial charge in [-0.05, 0) is 18.2 Å². The Kier molecular flexibility index (Phi) is 6.14. The number of nitrogens with zero attached hydrogens (tertiary/aromatic N) is 1. The summed E-state index contributed by atoms with van der Waals surface area (Å²) in [6.07, 6.45) is -0.0674. The molecular formula is C14H18ClFN2O2S. The van der Waals surface area contributed by atoms with Gasteiger partial charge >= 0.3 is 0 Å². The molecule has 0 spiro atoms. The topological polar surface area (TPSA) is 41.6 Å². The summed E-state index contributed by atoms with van der Waals surface area (Å²) in [5, 5.41) is 2.72. The van der Waals surface area contributed by atoms with E-state index in [1.165, 1.54) is 24.8 Å². The summed E-state index contributed by atoms with van der Waals surface area (Å²) in [5.41, 5.74) is 0.785. The van der Waals surface area contributed by atoms with Crippen molar-refractivity contribution in [2.45, 2.75) is 17.9 Å². The predicted octanol–water partition coefficient (Wildman–Crippen LogP) is 2.46. The number of carbonyl (C=O) groups excluding carboxylic acids is 1. The van der Waals surface area contributed by atoms with Crippen LogP contribution in [0.4, 0.5) is 10.1 Å². The van der Waals surface area contributed by atoms with Crippen LogP contribution in [0.1, 0.15) is 6.92 Å². The Balaban J connectivity index is 1.93. The fraction of sp³-hybridized carbons (Fsp3) is 0.500. The normalized spacial score (nSPS) is 18.0. The van der Waals surface area contributed by atoms with Crippen LogP contribution in [0, 0.1) is 5.82 Å². The molecule has 1 aromatic carbocycles. The number of thioether (sulfide) groups is 1. The predicted molar refractivity (Wildman–Crippen MR) is 83.6 cm³/mol. The van der Waals surface area contributed by atoms with Gasteiger partial charge in [-0.1, -0.05) is 0 Å². The van der Waals surface area contributed by atoms with Crippen LogP contribution >= 0.6 is 23.4 Å². The summed E-state index contributed by atoms with van der Waals surface area (Å²) in [6.45, 7) is 2.98. The lowest BCUT2D eigenvalue weighted by Crippen LogP contribution is -2.33. The van der Waals surface area contributed by atoms with Gasteiger partial charge in [-0.15, -0.1) is 23.4 Å². The zero-order valence-electron chi connectivity index (χ0n) is 11.8. The van der Waals surface area contributed by atoms with Crippen molar-refractivity contribution < 1.29 is 13.9 Å². The Hall–Kier alpha value is -0.980. The van der Waals surface area contributed by atoms with Crippen molar-refractivity contribution in [3.05, 3.63) is 24.0 Å². The fourth-order valence-corrected chi connectivity index (χ4v) is 2.95. The molecule has 4 nitrogen and oxygen atoms in total. The molecule has 0 saturated carbocycles. The maximum Gasteiger partial charge on any atom is 0.216 e. The molecule has 1 N–H and O–H groups in total. The molecule has 1 fully saturated rings. The summed E-state index contributed by atoms with van der Waals surface area (Å²) in [4.78, 5) is 13.4. The minimum absolute atomic E-state index is 0.0674. The number of nitrogens with one attached hydrogen (secondary N) is 1. The fourth-order valence-electron chi connectivity index (χ4n) is 2.06. The Bertz CT molecular complexity index is 504. The summed E-state index contributed by atoms with van der Waals surface area (Å²) < 4.78 is 19.6. The molecule has 0 aliphatic carbocycles. The molecule has 0 unspecified atom stereocenters. The van der Waals surface area contributed by atoms with E-state index in [1.54, 1.807) is 6.07 Å². The van der Waals surface area contributed by atoms with Crippen LogP contribution in [-0.4, -0.2) is 43.5 Å². The van der Waals surface area contributed by atoms with Gasteiger partial charge in [0.25, 0.3) is 0 Å². The van der Waals surface area contributed by atoms with Gasteiger partial charge in [0.2, 0.25) is 5.91 Å². The van der Waals surface area contributed by atoms with E-state index in [0.29, 0.717) is 36.3 Å². The number of ether oxygens (including phenoxy) is 1. The largest absolute Gasteiger partial charge is 0.354 e. The second-order valence-electron chi connectivity index (χ2n) is 4.73. The number of alkyl halides is 1. The van der Waals surface area contributed by atoms with E-state index in [-0.39, 0.29) is 17.8 Å². The molecule has 7 heteroatoms. The summed E-state index contributed by atoms with van der Waals surface area (Å²) in [7, 11) is 0. The van der Waals surface area contributed by atoms with Crippen LogP contribution in [-0.2, 0) is 9.53 Å². The second-order valence-corrected chi connectivity index (χ2v) is 6.24. The number of carbonyl (C=O) groups is 1. The van der Waals surface area contributed by atoms with Gasteiger partial charge in [-0.25, -0.2) is 4.39 Å². The van der Waals surface area contributed by atoms with E-state index in [9.17, 15) is 9.18 Å². The number of amides is 1. The first-order valence-electron chi connectivity index (χ1n) is 6.69. The van der Waals surface area contributed by atoms with Crippen LogP contribution in [0.15, 0.2) is 23.1 Å². The van der Waals surface area contributed by atoms with E-state index in [0.717, 1.165) is 5.69 Å². The van der Waals surface area contributed by atoms with Crippen molar-refractivity contribution in [3.63, 3.8) is 0 Å². The molecule has 1 aromatic rings. The molecule has 21 heavy (non-hydrogen) atoms. The zero-order chi connectivity index (χ0) is 15.2. The second kappa shape index (κ2) is 7.87. The maximum absolute atomic E-state index is 14.0. The van der Waals surface area contributed by atoms with Crippen molar-refractivity contribution >= 4 is 35.0 Å². The molecule has 1 aliphatic heterocycles. The highest BCUT2D eigenvalue weighted by molar-refractivity contribution is 7.99. The average Bonchev–Trinajstić information content (AvgIpc) is 2.92. The Morgan fingerprint density at radius 2 is 2.43 bits per heavy atom. The quantitative estimate of drug-likeness (QED) is 0.642.